The highest BCUT2D eigenvalue weighted by molar-refractivity contribution is 5.83. The first-order chi connectivity index (χ1) is 11.5. The number of nitrogens with one attached hydrogen (secondary N) is 1. The second-order valence-corrected chi connectivity index (χ2v) is 7.65. The van der Waals surface area contributed by atoms with Gasteiger partial charge >= 0.3 is 6.09 Å². The monoisotopic (exact) mass is 352 g/mol. The number of allylic oxidation sites excluding steroid dienone is 1. The van der Waals surface area contributed by atoms with Crippen LogP contribution in [0.2, 0.25) is 0 Å². The number of rotatable bonds is 7. The molecule has 2 amide bonds. The third-order valence-electron chi connectivity index (χ3n) is 3.82. The summed E-state index contributed by atoms with van der Waals surface area (Å²) in [6.07, 6.45) is 4.32. The van der Waals surface area contributed by atoms with Crippen LogP contribution in [0.4, 0.5) is 4.79 Å². The zero-order valence-electron chi connectivity index (χ0n) is 16.1. The highest BCUT2D eigenvalue weighted by Gasteiger charge is 2.53. The van der Waals surface area contributed by atoms with Gasteiger partial charge in [-0.2, -0.15) is 0 Å². The molecule has 1 unspecified atom stereocenters. The van der Waals surface area contributed by atoms with E-state index in [1.165, 1.54) is 4.90 Å². The van der Waals surface area contributed by atoms with E-state index in [0.29, 0.717) is 13.0 Å². The lowest BCUT2D eigenvalue weighted by molar-refractivity contribution is -0.138. The van der Waals surface area contributed by atoms with E-state index < -0.39 is 29.6 Å². The first kappa shape index (κ1) is 21.2. The Kier molecular flexibility index (Phi) is 7.23. The van der Waals surface area contributed by atoms with Crippen molar-refractivity contribution < 1.29 is 19.1 Å². The molecule has 1 fully saturated rings. The van der Waals surface area contributed by atoms with Crippen LogP contribution >= 0.6 is 0 Å². The summed E-state index contributed by atoms with van der Waals surface area (Å²) >= 11 is 0. The van der Waals surface area contributed by atoms with Gasteiger partial charge in [0.15, 0.2) is 6.10 Å². The maximum absolute atomic E-state index is 12.7. The molecule has 0 aliphatic carbocycles. The predicted octanol–water partition coefficient (Wildman–Crippen LogP) is 3.39. The van der Waals surface area contributed by atoms with Gasteiger partial charge in [0.25, 0.3) is 5.91 Å². The van der Waals surface area contributed by atoms with E-state index >= 15 is 0 Å². The van der Waals surface area contributed by atoms with Crippen molar-refractivity contribution in [1.29, 1.82) is 0 Å². The highest BCUT2D eigenvalue weighted by atomic mass is 16.6. The van der Waals surface area contributed by atoms with Gasteiger partial charge in [-0.05, 0) is 53.9 Å². The fraction of sp³-hybridized carbons (Fsp3) is 0.684. The maximum Gasteiger partial charge on any atom is 0.412 e. The van der Waals surface area contributed by atoms with E-state index in [2.05, 4.69) is 18.5 Å². The number of unbranched alkanes of at least 4 members (excludes halogenated alkanes) is 1. The Morgan fingerprint density at radius 2 is 1.92 bits per heavy atom. The number of ether oxygens (including phenoxy) is 2. The van der Waals surface area contributed by atoms with Crippen LogP contribution in [0.15, 0.2) is 25.3 Å². The maximum atomic E-state index is 12.7. The SMILES string of the molecule is C=CCCCNC(=O)C1OC(C)(C)N(C(=O)OC(C)(C)C)[C@H]1CC=C. The van der Waals surface area contributed by atoms with Crippen molar-refractivity contribution >= 4 is 12.0 Å². The number of amides is 2. The number of carbonyl (C=O) groups excluding carboxylic acids is 2. The van der Waals surface area contributed by atoms with Gasteiger partial charge in [0.1, 0.15) is 11.3 Å². The number of carbonyl (C=O) groups is 2. The number of nitrogens with zero attached hydrogens (tertiary/aromatic N) is 1. The van der Waals surface area contributed by atoms with Gasteiger partial charge in [0.2, 0.25) is 0 Å². The summed E-state index contributed by atoms with van der Waals surface area (Å²) in [6, 6.07) is -0.457. The fourth-order valence-corrected chi connectivity index (χ4v) is 2.83. The minimum atomic E-state index is -0.945. The van der Waals surface area contributed by atoms with Crippen LogP contribution < -0.4 is 5.32 Å². The van der Waals surface area contributed by atoms with Crippen molar-refractivity contribution in [3.05, 3.63) is 25.3 Å². The van der Waals surface area contributed by atoms with Crippen LogP contribution in [0, 0.1) is 0 Å². The Morgan fingerprint density at radius 1 is 1.28 bits per heavy atom. The van der Waals surface area contributed by atoms with Gasteiger partial charge < -0.3 is 14.8 Å². The summed E-state index contributed by atoms with van der Waals surface area (Å²) in [5.74, 6) is -0.227. The molecule has 25 heavy (non-hydrogen) atoms. The second-order valence-electron chi connectivity index (χ2n) is 7.65. The summed E-state index contributed by atoms with van der Waals surface area (Å²) in [7, 11) is 0. The number of hydrogen-bond acceptors (Lipinski definition) is 4. The average molecular weight is 352 g/mol. The van der Waals surface area contributed by atoms with Crippen LogP contribution in [-0.2, 0) is 14.3 Å². The topological polar surface area (TPSA) is 67.9 Å². The zero-order chi connectivity index (χ0) is 19.3. The van der Waals surface area contributed by atoms with Gasteiger partial charge in [-0.3, -0.25) is 9.69 Å². The van der Waals surface area contributed by atoms with Gasteiger partial charge in [-0.15, -0.1) is 13.2 Å². The normalized spacial score (nSPS) is 22.4. The lowest BCUT2D eigenvalue weighted by atomic mass is 10.1. The lowest BCUT2D eigenvalue weighted by Gasteiger charge is -2.34. The summed E-state index contributed by atoms with van der Waals surface area (Å²) in [5, 5.41) is 2.87. The lowest BCUT2D eigenvalue weighted by Crippen LogP contribution is -2.51. The molecule has 1 N–H and O–H groups in total. The summed E-state index contributed by atoms with van der Waals surface area (Å²) < 4.78 is 11.4. The molecule has 1 heterocycles. The number of hydrogen-bond donors (Lipinski definition) is 1. The molecular weight excluding hydrogens is 320 g/mol. The molecule has 2 atom stereocenters. The van der Waals surface area contributed by atoms with Crippen molar-refractivity contribution in [2.24, 2.45) is 0 Å². The van der Waals surface area contributed by atoms with Gasteiger partial charge in [0.05, 0.1) is 6.04 Å². The van der Waals surface area contributed by atoms with Crippen molar-refractivity contribution in [2.45, 2.75) is 77.4 Å². The molecule has 1 rings (SSSR count). The molecule has 0 radical (unpaired) electrons. The minimum absolute atomic E-state index is 0.227. The zero-order valence-corrected chi connectivity index (χ0v) is 16.1. The third kappa shape index (κ3) is 5.88. The molecule has 0 aromatic carbocycles. The van der Waals surface area contributed by atoms with Crippen LogP contribution in [-0.4, -0.2) is 46.9 Å². The minimum Gasteiger partial charge on any atom is -0.444 e. The Bertz CT molecular complexity index is 508. The molecule has 0 bridgehead atoms. The van der Waals surface area contributed by atoms with Crippen LogP contribution in [0.1, 0.15) is 53.9 Å². The molecule has 1 saturated heterocycles. The molecular formula is C19H32N2O4. The summed E-state index contributed by atoms with van der Waals surface area (Å²) in [4.78, 5) is 26.7. The van der Waals surface area contributed by atoms with E-state index in [0.717, 1.165) is 12.8 Å². The molecule has 0 saturated carbocycles. The van der Waals surface area contributed by atoms with Crippen molar-refractivity contribution in [1.82, 2.24) is 10.2 Å². The van der Waals surface area contributed by atoms with E-state index in [1.807, 2.05) is 6.08 Å². The molecule has 0 aromatic rings. The largest absolute Gasteiger partial charge is 0.444 e. The van der Waals surface area contributed by atoms with Crippen molar-refractivity contribution in [2.75, 3.05) is 6.54 Å². The van der Waals surface area contributed by atoms with Gasteiger partial charge in [0, 0.05) is 6.54 Å². The Balaban J connectivity index is 2.93. The summed E-state index contributed by atoms with van der Waals surface area (Å²) in [6.45, 7) is 16.9. The van der Waals surface area contributed by atoms with E-state index in [4.69, 9.17) is 9.47 Å². The Labute approximate surface area is 151 Å². The molecule has 1 aliphatic rings. The quantitative estimate of drug-likeness (QED) is 0.563. The molecule has 1 aliphatic heterocycles. The van der Waals surface area contributed by atoms with E-state index in [1.54, 1.807) is 40.7 Å². The third-order valence-corrected chi connectivity index (χ3v) is 3.82. The van der Waals surface area contributed by atoms with Crippen molar-refractivity contribution in [3.8, 4) is 0 Å². The molecule has 6 nitrogen and oxygen atoms in total. The molecule has 142 valence electrons. The van der Waals surface area contributed by atoms with Gasteiger partial charge in [-0.1, -0.05) is 12.2 Å². The molecule has 6 heteroatoms. The highest BCUT2D eigenvalue weighted by Crippen LogP contribution is 2.35. The average Bonchev–Trinajstić information content (AvgIpc) is 2.73. The smallest absolute Gasteiger partial charge is 0.412 e. The van der Waals surface area contributed by atoms with Gasteiger partial charge in [-0.25, -0.2) is 4.79 Å². The first-order valence-corrected chi connectivity index (χ1v) is 8.73. The predicted molar refractivity (Wildman–Crippen MR) is 98.1 cm³/mol. The van der Waals surface area contributed by atoms with Crippen molar-refractivity contribution in [3.63, 3.8) is 0 Å². The van der Waals surface area contributed by atoms with Crippen LogP contribution in [0.25, 0.3) is 0 Å². The fourth-order valence-electron chi connectivity index (χ4n) is 2.83. The molecule has 0 spiro atoms. The standard InChI is InChI=1S/C19H32N2O4/c1-8-10-11-13-20-16(22)15-14(12-9-2)21(19(6,7)24-15)17(23)25-18(3,4)5/h8-9,14-15H,1-2,10-13H2,3-7H3,(H,20,22)/t14-,15?/m0/s1. The first-order valence-electron chi connectivity index (χ1n) is 8.73. The second kappa shape index (κ2) is 8.52. The van der Waals surface area contributed by atoms with Crippen LogP contribution in [0.5, 0.6) is 0 Å². The Morgan fingerprint density at radius 3 is 2.44 bits per heavy atom. The summed E-state index contributed by atoms with van der Waals surface area (Å²) in [5.41, 5.74) is -1.57. The molecule has 0 aromatic heterocycles. The van der Waals surface area contributed by atoms with E-state index in [-0.39, 0.29) is 5.91 Å². The Hall–Kier alpha value is -1.82. The van der Waals surface area contributed by atoms with Crippen LogP contribution in [0.3, 0.4) is 0 Å². The van der Waals surface area contributed by atoms with E-state index in [9.17, 15) is 9.59 Å².